The van der Waals surface area contributed by atoms with Crippen molar-refractivity contribution >= 4 is 12.4 Å². The minimum absolute atomic E-state index is 0.303. The molecule has 1 aromatic rings. The van der Waals surface area contributed by atoms with Crippen molar-refractivity contribution in [3.63, 3.8) is 0 Å². The molecule has 22 heavy (non-hydrogen) atoms. The summed E-state index contributed by atoms with van der Waals surface area (Å²) in [6, 6.07) is 3.74. The Hall–Kier alpha value is -2.76. The van der Waals surface area contributed by atoms with Crippen LogP contribution in [0.15, 0.2) is 64.7 Å². The number of aliphatic imine (C=N–C) groups is 1. The summed E-state index contributed by atoms with van der Waals surface area (Å²) in [7, 11) is 0. The van der Waals surface area contributed by atoms with Crippen molar-refractivity contribution in [1.82, 2.24) is 10.3 Å². The van der Waals surface area contributed by atoms with E-state index in [1.54, 1.807) is 6.08 Å². The molecule has 0 atom stereocenters. The molecule has 0 unspecified atom stereocenters. The molecule has 1 N–H and O–H groups in total. The number of nitrogens with one attached hydrogen (secondary N) is 1. The minimum Gasteiger partial charge on any atom is -0.380 e. The van der Waals surface area contributed by atoms with Gasteiger partial charge in [-0.2, -0.15) is 5.10 Å². The first kappa shape index (κ1) is 15.6. The molecule has 0 aliphatic carbocycles. The molecule has 114 valence electrons. The monoisotopic (exact) mass is 302 g/mol. The fourth-order valence-corrected chi connectivity index (χ4v) is 1.98. The molecule has 1 aromatic carbocycles. The van der Waals surface area contributed by atoms with Gasteiger partial charge in [-0.25, -0.2) is 18.8 Å². The van der Waals surface area contributed by atoms with Crippen LogP contribution < -0.4 is 5.32 Å². The van der Waals surface area contributed by atoms with Gasteiger partial charge < -0.3 is 5.32 Å². The molecule has 0 saturated carbocycles. The van der Waals surface area contributed by atoms with Crippen molar-refractivity contribution in [3.8, 4) is 0 Å². The van der Waals surface area contributed by atoms with Gasteiger partial charge in [-0.15, -0.1) is 0 Å². The van der Waals surface area contributed by atoms with Gasteiger partial charge in [-0.3, -0.25) is 0 Å². The second-order valence-corrected chi connectivity index (χ2v) is 4.73. The van der Waals surface area contributed by atoms with Crippen LogP contribution in [0.2, 0.25) is 0 Å². The van der Waals surface area contributed by atoms with Gasteiger partial charge in [0, 0.05) is 19.0 Å². The van der Waals surface area contributed by atoms with Gasteiger partial charge in [-0.1, -0.05) is 19.2 Å². The molecule has 0 fully saturated rings. The Morgan fingerprint density at radius 2 is 2.09 bits per heavy atom. The smallest absolute Gasteiger partial charge is 0.159 e. The SMILES string of the molecule is C=NN1C(=C)N=C(C(=C)NCc2ccc(F)c(F)c2)C=C1C. The zero-order valence-corrected chi connectivity index (χ0v) is 12.2. The summed E-state index contributed by atoms with van der Waals surface area (Å²) in [5, 5.41) is 8.33. The molecule has 0 radical (unpaired) electrons. The predicted octanol–water partition coefficient (Wildman–Crippen LogP) is 3.32. The topological polar surface area (TPSA) is 40.0 Å². The van der Waals surface area contributed by atoms with Gasteiger partial charge >= 0.3 is 0 Å². The van der Waals surface area contributed by atoms with Gasteiger partial charge in [-0.05, 0) is 30.7 Å². The van der Waals surface area contributed by atoms with E-state index in [1.165, 1.54) is 11.1 Å². The molecule has 0 bridgehead atoms. The van der Waals surface area contributed by atoms with Crippen LogP contribution in [0.3, 0.4) is 0 Å². The third-order valence-electron chi connectivity index (χ3n) is 3.11. The van der Waals surface area contributed by atoms with Crippen LogP contribution in [0.5, 0.6) is 0 Å². The van der Waals surface area contributed by atoms with Crippen LogP contribution in [-0.2, 0) is 6.54 Å². The lowest BCUT2D eigenvalue weighted by Gasteiger charge is -2.24. The van der Waals surface area contributed by atoms with E-state index in [2.05, 4.69) is 35.3 Å². The second-order valence-electron chi connectivity index (χ2n) is 4.73. The van der Waals surface area contributed by atoms with Crippen molar-refractivity contribution in [3.05, 3.63) is 71.8 Å². The zero-order valence-electron chi connectivity index (χ0n) is 12.2. The third-order valence-corrected chi connectivity index (χ3v) is 3.11. The van der Waals surface area contributed by atoms with E-state index in [-0.39, 0.29) is 0 Å². The minimum atomic E-state index is -0.878. The van der Waals surface area contributed by atoms with Crippen LogP contribution >= 0.6 is 0 Å². The maximum absolute atomic E-state index is 13.2. The Morgan fingerprint density at radius 3 is 2.68 bits per heavy atom. The van der Waals surface area contributed by atoms with Gasteiger partial charge in [0.05, 0.1) is 11.4 Å². The fourth-order valence-electron chi connectivity index (χ4n) is 1.98. The summed E-state index contributed by atoms with van der Waals surface area (Å²) < 4.78 is 26.0. The van der Waals surface area contributed by atoms with Crippen LogP contribution in [-0.4, -0.2) is 17.4 Å². The maximum Gasteiger partial charge on any atom is 0.159 e. The molecule has 2 rings (SSSR count). The first-order valence-corrected chi connectivity index (χ1v) is 6.52. The molecule has 0 amide bonds. The quantitative estimate of drug-likeness (QED) is 0.848. The van der Waals surface area contributed by atoms with Crippen molar-refractivity contribution in [2.75, 3.05) is 0 Å². The Balaban J connectivity index is 2.05. The van der Waals surface area contributed by atoms with E-state index in [4.69, 9.17) is 0 Å². The zero-order chi connectivity index (χ0) is 16.3. The van der Waals surface area contributed by atoms with Crippen molar-refractivity contribution in [1.29, 1.82) is 0 Å². The highest BCUT2D eigenvalue weighted by Gasteiger charge is 2.16. The van der Waals surface area contributed by atoms with Crippen LogP contribution in [0, 0.1) is 11.6 Å². The summed E-state index contributed by atoms with van der Waals surface area (Å²) in [6.45, 7) is 13.3. The van der Waals surface area contributed by atoms with E-state index in [0.29, 0.717) is 29.3 Å². The van der Waals surface area contributed by atoms with E-state index in [9.17, 15) is 8.78 Å². The Kier molecular flexibility index (Phi) is 4.50. The summed E-state index contributed by atoms with van der Waals surface area (Å²) in [6.07, 6.45) is 1.78. The lowest BCUT2D eigenvalue weighted by molar-refractivity contribution is 0.453. The van der Waals surface area contributed by atoms with Gasteiger partial charge in [0.15, 0.2) is 11.6 Å². The number of rotatable bonds is 5. The van der Waals surface area contributed by atoms with E-state index < -0.39 is 11.6 Å². The maximum atomic E-state index is 13.2. The first-order valence-electron chi connectivity index (χ1n) is 6.52. The average Bonchev–Trinajstić information content (AvgIpc) is 2.47. The van der Waals surface area contributed by atoms with E-state index in [1.807, 2.05) is 6.92 Å². The van der Waals surface area contributed by atoms with Crippen molar-refractivity contribution in [2.24, 2.45) is 10.1 Å². The number of hydrazone groups is 1. The molecule has 0 saturated heterocycles. The van der Waals surface area contributed by atoms with Crippen LogP contribution in [0.4, 0.5) is 8.78 Å². The molecule has 6 heteroatoms. The Morgan fingerprint density at radius 1 is 1.36 bits per heavy atom. The van der Waals surface area contributed by atoms with Crippen LogP contribution in [0.25, 0.3) is 0 Å². The molecular weight excluding hydrogens is 286 g/mol. The molecule has 0 spiro atoms. The normalized spacial score (nSPS) is 14.3. The number of hydrogen-bond donors (Lipinski definition) is 1. The first-order chi connectivity index (χ1) is 10.4. The number of nitrogens with zero attached hydrogens (tertiary/aromatic N) is 3. The molecule has 4 nitrogen and oxygen atoms in total. The highest BCUT2D eigenvalue weighted by Crippen LogP contribution is 2.19. The third kappa shape index (κ3) is 3.28. The average molecular weight is 302 g/mol. The van der Waals surface area contributed by atoms with E-state index in [0.717, 1.165) is 17.8 Å². The van der Waals surface area contributed by atoms with E-state index >= 15 is 0 Å². The molecule has 1 aliphatic rings. The molecular formula is C16H16F2N4. The number of hydrogen-bond acceptors (Lipinski definition) is 4. The molecule has 0 aromatic heterocycles. The lowest BCUT2D eigenvalue weighted by Crippen LogP contribution is -2.24. The van der Waals surface area contributed by atoms with Crippen LogP contribution in [0.1, 0.15) is 12.5 Å². The fraction of sp³-hybridized carbons (Fsp3) is 0.125. The number of halogens is 2. The van der Waals surface area contributed by atoms with Gasteiger partial charge in [0.2, 0.25) is 0 Å². The highest BCUT2D eigenvalue weighted by molar-refractivity contribution is 6.08. The molecule has 1 aliphatic heterocycles. The largest absolute Gasteiger partial charge is 0.380 e. The number of benzene rings is 1. The Labute approximate surface area is 127 Å². The Bertz CT molecular complexity index is 704. The summed E-state index contributed by atoms with van der Waals surface area (Å²) in [5.74, 6) is -1.32. The predicted molar refractivity (Wildman–Crippen MR) is 84.1 cm³/mol. The standard InChI is InChI=1S/C16H16F2N4/c1-10-7-16(21-12(3)22(10)19-4)11(2)20-9-13-5-6-14(17)15(18)8-13/h5-8,20H,2-4,9H2,1H3. The summed E-state index contributed by atoms with van der Waals surface area (Å²) in [4.78, 5) is 4.27. The second kappa shape index (κ2) is 6.34. The summed E-state index contributed by atoms with van der Waals surface area (Å²) >= 11 is 0. The van der Waals surface area contributed by atoms with Gasteiger partial charge in [0.1, 0.15) is 5.82 Å². The van der Waals surface area contributed by atoms with Gasteiger partial charge in [0.25, 0.3) is 0 Å². The summed E-state index contributed by atoms with van der Waals surface area (Å²) in [5.41, 5.74) is 2.56. The lowest BCUT2D eigenvalue weighted by atomic mass is 10.2. The highest BCUT2D eigenvalue weighted by atomic mass is 19.2. The van der Waals surface area contributed by atoms with Crippen molar-refractivity contribution in [2.45, 2.75) is 13.5 Å². The molecule has 1 heterocycles. The number of allylic oxidation sites excluding steroid dienone is 2. The van der Waals surface area contributed by atoms with Crippen molar-refractivity contribution < 1.29 is 8.78 Å².